The summed E-state index contributed by atoms with van der Waals surface area (Å²) in [5.74, 6) is 0. The number of rotatable bonds is 8. The maximum absolute atomic E-state index is 2.42. The molecule has 0 fully saturated rings. The fourth-order valence-corrected chi connectivity index (χ4v) is 8.94. The highest BCUT2D eigenvalue weighted by Crippen LogP contribution is 2.44. The van der Waals surface area contributed by atoms with Crippen molar-refractivity contribution in [2.75, 3.05) is 4.90 Å². The molecule has 0 saturated heterocycles. The van der Waals surface area contributed by atoms with Crippen molar-refractivity contribution in [2.24, 2.45) is 0 Å². The van der Waals surface area contributed by atoms with Crippen molar-refractivity contribution in [2.45, 2.75) is 0 Å². The first-order valence-electron chi connectivity index (χ1n) is 21.0. The Labute approximate surface area is 357 Å². The first-order chi connectivity index (χ1) is 30.2. The van der Waals surface area contributed by atoms with Crippen LogP contribution in [-0.4, -0.2) is 0 Å². The van der Waals surface area contributed by atoms with E-state index in [-0.39, 0.29) is 0 Å². The Hall–Kier alpha value is -8.00. The number of benzene rings is 11. The number of nitrogens with zero attached hydrogens (tertiary/aromatic N) is 1. The van der Waals surface area contributed by atoms with E-state index in [1.807, 2.05) is 0 Å². The van der Waals surface area contributed by atoms with Crippen molar-refractivity contribution in [3.05, 3.63) is 249 Å². The zero-order valence-electron chi connectivity index (χ0n) is 33.6. The van der Waals surface area contributed by atoms with Crippen molar-refractivity contribution in [3.63, 3.8) is 0 Å². The van der Waals surface area contributed by atoms with Crippen LogP contribution in [0.2, 0.25) is 0 Å². The van der Waals surface area contributed by atoms with Crippen LogP contribution in [0, 0.1) is 0 Å². The smallest absolute Gasteiger partial charge is 0.0546 e. The van der Waals surface area contributed by atoms with Gasteiger partial charge in [-0.3, -0.25) is 0 Å². The highest BCUT2D eigenvalue weighted by Gasteiger charge is 2.20. The number of hydrogen-bond donors (Lipinski definition) is 0. The molecule has 0 radical (unpaired) electrons. The second kappa shape index (κ2) is 15.6. The average Bonchev–Trinajstić information content (AvgIpc) is 3.34. The monoisotopic (exact) mass is 775 g/mol. The third-order valence-corrected chi connectivity index (χ3v) is 12.1. The van der Waals surface area contributed by atoms with Crippen LogP contribution in [-0.2, 0) is 0 Å². The summed E-state index contributed by atoms with van der Waals surface area (Å²) < 4.78 is 0. The molecule has 0 heterocycles. The first-order valence-corrected chi connectivity index (χ1v) is 21.0. The van der Waals surface area contributed by atoms with E-state index < -0.39 is 0 Å². The molecule has 1 nitrogen and oxygen atoms in total. The van der Waals surface area contributed by atoms with Gasteiger partial charge in [0.1, 0.15) is 0 Å². The highest BCUT2D eigenvalue weighted by molar-refractivity contribution is 5.99. The van der Waals surface area contributed by atoms with Crippen molar-refractivity contribution in [1.82, 2.24) is 0 Å². The van der Waals surface area contributed by atoms with Gasteiger partial charge < -0.3 is 4.90 Å². The number of fused-ring (bicyclic) bond motifs is 3. The summed E-state index contributed by atoms with van der Waals surface area (Å²) in [4.78, 5) is 2.42. The minimum Gasteiger partial charge on any atom is -0.310 e. The topological polar surface area (TPSA) is 3.24 Å². The van der Waals surface area contributed by atoms with Crippen LogP contribution in [0.4, 0.5) is 17.1 Å². The van der Waals surface area contributed by atoms with Crippen LogP contribution in [0.3, 0.4) is 0 Å². The van der Waals surface area contributed by atoms with Gasteiger partial charge in [0.2, 0.25) is 0 Å². The van der Waals surface area contributed by atoms with E-state index in [1.165, 1.54) is 82.4 Å². The molecule has 0 aliphatic heterocycles. The Balaban J connectivity index is 1.03. The quantitative estimate of drug-likeness (QED) is 0.149. The van der Waals surface area contributed by atoms with Gasteiger partial charge in [0.15, 0.2) is 0 Å². The van der Waals surface area contributed by atoms with Crippen LogP contribution in [0.5, 0.6) is 0 Å². The third kappa shape index (κ3) is 6.93. The Bertz CT molecular complexity index is 3320. The van der Waals surface area contributed by atoms with Gasteiger partial charge in [-0.15, -0.1) is 0 Å². The lowest BCUT2D eigenvalue weighted by molar-refractivity contribution is 1.28. The Kier molecular flexibility index (Phi) is 9.26. The maximum Gasteiger partial charge on any atom is 0.0546 e. The Morgan fingerprint density at radius 2 is 0.623 bits per heavy atom. The molecule has 0 atom stereocenters. The molecule has 11 rings (SSSR count). The SMILES string of the molecule is c1ccc(-c2ccc(-c3ccc4ccccc4c3)cc2N(c2ccc(-c3ccc(-c4cccc5ccccc45)cc3)cc2)c2ccc(-c3cccc4ccccc34)cc2)cc1. The van der Waals surface area contributed by atoms with E-state index in [0.717, 1.165) is 22.6 Å². The van der Waals surface area contributed by atoms with Crippen LogP contribution in [0.1, 0.15) is 0 Å². The van der Waals surface area contributed by atoms with Gasteiger partial charge in [-0.05, 0) is 119 Å². The zero-order chi connectivity index (χ0) is 40.5. The number of hydrogen-bond acceptors (Lipinski definition) is 1. The van der Waals surface area contributed by atoms with E-state index in [0.29, 0.717) is 0 Å². The van der Waals surface area contributed by atoms with E-state index in [4.69, 9.17) is 0 Å². The van der Waals surface area contributed by atoms with Gasteiger partial charge in [-0.25, -0.2) is 0 Å². The van der Waals surface area contributed by atoms with Gasteiger partial charge >= 0.3 is 0 Å². The summed E-state index contributed by atoms with van der Waals surface area (Å²) in [7, 11) is 0. The van der Waals surface area contributed by atoms with Gasteiger partial charge in [-0.2, -0.15) is 0 Å². The van der Waals surface area contributed by atoms with E-state index in [2.05, 4.69) is 254 Å². The van der Waals surface area contributed by atoms with Crippen molar-refractivity contribution < 1.29 is 0 Å². The van der Waals surface area contributed by atoms with Crippen molar-refractivity contribution in [1.29, 1.82) is 0 Å². The molecule has 0 unspecified atom stereocenters. The van der Waals surface area contributed by atoms with Crippen LogP contribution in [0.15, 0.2) is 249 Å². The molecule has 286 valence electrons. The highest BCUT2D eigenvalue weighted by atomic mass is 15.1. The molecule has 0 saturated carbocycles. The zero-order valence-corrected chi connectivity index (χ0v) is 33.6. The summed E-state index contributed by atoms with van der Waals surface area (Å²) in [6, 6.07) is 90.5. The Morgan fingerprint density at radius 1 is 0.213 bits per heavy atom. The Morgan fingerprint density at radius 3 is 1.23 bits per heavy atom. The molecule has 0 aliphatic carbocycles. The van der Waals surface area contributed by atoms with Crippen molar-refractivity contribution >= 4 is 49.4 Å². The van der Waals surface area contributed by atoms with Gasteiger partial charge in [0.25, 0.3) is 0 Å². The second-order valence-corrected chi connectivity index (χ2v) is 15.7. The average molecular weight is 776 g/mol. The molecular formula is C60H41N. The summed E-state index contributed by atoms with van der Waals surface area (Å²) in [5.41, 5.74) is 15.2. The fourth-order valence-electron chi connectivity index (χ4n) is 8.94. The molecule has 11 aromatic rings. The van der Waals surface area contributed by atoms with Crippen molar-refractivity contribution in [3.8, 4) is 55.6 Å². The van der Waals surface area contributed by atoms with Gasteiger partial charge in [0.05, 0.1) is 5.69 Å². The largest absolute Gasteiger partial charge is 0.310 e. The summed E-state index contributed by atoms with van der Waals surface area (Å²) in [6.07, 6.45) is 0. The van der Waals surface area contributed by atoms with Crippen LogP contribution >= 0.6 is 0 Å². The lowest BCUT2D eigenvalue weighted by atomic mass is 9.95. The minimum atomic E-state index is 1.09. The van der Waals surface area contributed by atoms with E-state index in [1.54, 1.807) is 0 Å². The first kappa shape index (κ1) is 36.1. The van der Waals surface area contributed by atoms with Gasteiger partial charge in [-0.1, -0.05) is 212 Å². The molecule has 61 heavy (non-hydrogen) atoms. The normalized spacial score (nSPS) is 11.3. The molecule has 0 aliphatic rings. The lowest BCUT2D eigenvalue weighted by Gasteiger charge is -2.29. The minimum absolute atomic E-state index is 1.09. The molecule has 0 N–H and O–H groups in total. The molecular weight excluding hydrogens is 735 g/mol. The molecule has 0 amide bonds. The van der Waals surface area contributed by atoms with Gasteiger partial charge in [0, 0.05) is 16.9 Å². The number of anilines is 3. The molecule has 0 spiro atoms. The predicted molar refractivity (Wildman–Crippen MR) is 261 cm³/mol. The van der Waals surface area contributed by atoms with E-state index >= 15 is 0 Å². The molecule has 0 bridgehead atoms. The van der Waals surface area contributed by atoms with E-state index in [9.17, 15) is 0 Å². The predicted octanol–water partition coefficient (Wildman–Crippen LogP) is 17.0. The summed E-state index contributed by atoms with van der Waals surface area (Å²) in [5, 5.41) is 7.49. The molecule has 1 heteroatoms. The summed E-state index contributed by atoms with van der Waals surface area (Å²) >= 11 is 0. The summed E-state index contributed by atoms with van der Waals surface area (Å²) in [6.45, 7) is 0. The molecule has 11 aromatic carbocycles. The third-order valence-electron chi connectivity index (χ3n) is 12.1. The molecule has 0 aromatic heterocycles. The van der Waals surface area contributed by atoms with Crippen LogP contribution in [0.25, 0.3) is 88.0 Å². The van der Waals surface area contributed by atoms with Crippen LogP contribution < -0.4 is 4.90 Å². The fraction of sp³-hybridized carbons (Fsp3) is 0. The standard InChI is InChI=1S/C60H41N/c1-2-13-47(14-3-1)59-39-34-52(51-29-26-42-12-4-5-17-50(42)40-51)41-60(59)61(54-37-32-49(33-38-54)58-23-11-19-46-16-7-9-21-56(46)58)53-35-30-44(31-36-53)43-24-27-48(28-25-43)57-22-10-18-45-15-6-8-20-55(45)57/h1-41H. The maximum atomic E-state index is 2.42. The lowest BCUT2D eigenvalue weighted by Crippen LogP contribution is -2.11. The second-order valence-electron chi connectivity index (χ2n) is 15.7.